The summed E-state index contributed by atoms with van der Waals surface area (Å²) in [6.07, 6.45) is -2.36. The minimum Gasteiger partial charge on any atom is -0.372 e. The molecule has 0 spiro atoms. The number of rotatable bonds is 8. The number of carbonyl (C=O) groups is 1. The fourth-order valence-corrected chi connectivity index (χ4v) is 3.54. The van der Waals surface area contributed by atoms with E-state index < -0.39 is 11.7 Å². The number of ether oxygens (including phenoxy) is 1. The van der Waals surface area contributed by atoms with Gasteiger partial charge in [0.05, 0.1) is 36.2 Å². The lowest BCUT2D eigenvalue weighted by molar-refractivity contribution is -0.137. The number of alkyl halides is 3. The molecule has 0 atom stereocenters. The summed E-state index contributed by atoms with van der Waals surface area (Å²) in [6, 6.07) is 19.7. The third-order valence-electron chi connectivity index (χ3n) is 5.47. The Morgan fingerprint density at radius 2 is 1.66 bits per heavy atom. The first-order valence-corrected chi connectivity index (χ1v) is 10.9. The molecule has 0 aliphatic rings. The number of pyridine rings is 1. The van der Waals surface area contributed by atoms with Crippen LogP contribution in [0.25, 0.3) is 5.82 Å². The van der Waals surface area contributed by atoms with Crippen molar-refractivity contribution in [2.24, 2.45) is 0 Å². The number of benzene rings is 2. The maximum absolute atomic E-state index is 12.8. The molecule has 0 radical (unpaired) electrons. The molecule has 0 saturated carbocycles. The number of hydrogen-bond donors (Lipinski definition) is 1. The molecule has 4 aromatic rings. The first-order valence-electron chi connectivity index (χ1n) is 10.9. The Labute approximate surface area is 200 Å². The van der Waals surface area contributed by atoms with E-state index in [-0.39, 0.29) is 18.3 Å². The van der Waals surface area contributed by atoms with Crippen LogP contribution in [0.15, 0.2) is 79.1 Å². The molecule has 0 saturated heterocycles. The molecule has 2 aromatic carbocycles. The molecular formula is C26H23F3N4O2. The second kappa shape index (κ2) is 10.5. The monoisotopic (exact) mass is 480 g/mol. The predicted octanol–water partition coefficient (Wildman–Crippen LogP) is 5.24. The molecule has 9 heteroatoms. The molecule has 35 heavy (non-hydrogen) atoms. The molecule has 2 aromatic heterocycles. The Morgan fingerprint density at radius 3 is 2.34 bits per heavy atom. The van der Waals surface area contributed by atoms with E-state index in [2.05, 4.69) is 15.4 Å². The Kier molecular flexibility index (Phi) is 7.26. The van der Waals surface area contributed by atoms with Gasteiger partial charge in [-0.3, -0.25) is 4.79 Å². The van der Waals surface area contributed by atoms with Gasteiger partial charge >= 0.3 is 6.18 Å². The van der Waals surface area contributed by atoms with Crippen LogP contribution in [0.5, 0.6) is 0 Å². The maximum atomic E-state index is 12.8. The van der Waals surface area contributed by atoms with E-state index in [1.54, 1.807) is 6.92 Å². The van der Waals surface area contributed by atoms with Crippen LogP contribution in [0.4, 0.5) is 13.2 Å². The minimum absolute atomic E-state index is 0.190. The zero-order valence-electron chi connectivity index (χ0n) is 18.9. The Bertz CT molecular complexity index is 1290. The minimum atomic E-state index is -4.47. The fraction of sp³-hybridized carbons (Fsp3) is 0.192. The van der Waals surface area contributed by atoms with Crippen molar-refractivity contribution >= 4 is 5.91 Å². The van der Waals surface area contributed by atoms with Gasteiger partial charge in [-0.1, -0.05) is 54.6 Å². The number of nitrogens with one attached hydrogen (secondary N) is 1. The topological polar surface area (TPSA) is 69.0 Å². The highest BCUT2D eigenvalue weighted by Crippen LogP contribution is 2.28. The van der Waals surface area contributed by atoms with E-state index in [1.165, 1.54) is 16.9 Å². The number of aromatic nitrogens is 3. The van der Waals surface area contributed by atoms with Gasteiger partial charge in [0.25, 0.3) is 5.91 Å². The number of hydrogen-bond acceptors (Lipinski definition) is 4. The van der Waals surface area contributed by atoms with Crippen LogP contribution < -0.4 is 5.32 Å². The lowest BCUT2D eigenvalue weighted by atomic mass is 10.1. The van der Waals surface area contributed by atoms with E-state index in [1.807, 2.05) is 54.6 Å². The van der Waals surface area contributed by atoms with Gasteiger partial charge in [-0.05, 0) is 35.7 Å². The molecule has 0 unspecified atom stereocenters. The second-order valence-electron chi connectivity index (χ2n) is 7.89. The number of amides is 1. The van der Waals surface area contributed by atoms with Crippen LogP contribution >= 0.6 is 0 Å². The van der Waals surface area contributed by atoms with Crippen molar-refractivity contribution in [1.82, 2.24) is 20.1 Å². The van der Waals surface area contributed by atoms with E-state index in [9.17, 15) is 18.0 Å². The zero-order chi connectivity index (χ0) is 24.8. The molecule has 6 nitrogen and oxygen atoms in total. The van der Waals surface area contributed by atoms with Crippen molar-refractivity contribution in [2.75, 3.05) is 0 Å². The second-order valence-corrected chi connectivity index (χ2v) is 7.89. The average Bonchev–Trinajstić information content (AvgIpc) is 3.24. The summed E-state index contributed by atoms with van der Waals surface area (Å²) >= 11 is 0. The van der Waals surface area contributed by atoms with Gasteiger partial charge in [-0.2, -0.15) is 18.3 Å². The smallest absolute Gasteiger partial charge is 0.372 e. The third kappa shape index (κ3) is 5.93. The van der Waals surface area contributed by atoms with Crippen LogP contribution in [-0.4, -0.2) is 20.7 Å². The summed E-state index contributed by atoms with van der Waals surface area (Å²) in [4.78, 5) is 16.7. The Hall–Kier alpha value is -3.98. The van der Waals surface area contributed by atoms with Gasteiger partial charge in [-0.15, -0.1) is 0 Å². The normalized spacial score (nSPS) is 11.4. The SMILES string of the molecule is Cc1c(C(=O)NCc2ccccc2COCc2ccccc2)cnn1-c1ccc(C(F)(F)F)cn1. The average molecular weight is 480 g/mol. The first kappa shape index (κ1) is 24.2. The molecule has 0 fully saturated rings. The van der Waals surface area contributed by atoms with Gasteiger partial charge in [-0.25, -0.2) is 9.67 Å². The largest absolute Gasteiger partial charge is 0.417 e. The highest BCUT2D eigenvalue weighted by atomic mass is 19.4. The molecule has 4 rings (SSSR count). The molecule has 0 aliphatic heterocycles. The van der Waals surface area contributed by atoms with Gasteiger partial charge in [0, 0.05) is 12.7 Å². The van der Waals surface area contributed by atoms with E-state index in [4.69, 9.17) is 4.74 Å². The van der Waals surface area contributed by atoms with Gasteiger partial charge < -0.3 is 10.1 Å². The van der Waals surface area contributed by atoms with Crippen molar-refractivity contribution in [2.45, 2.75) is 32.9 Å². The van der Waals surface area contributed by atoms with Gasteiger partial charge in [0.1, 0.15) is 0 Å². The van der Waals surface area contributed by atoms with Crippen molar-refractivity contribution in [3.8, 4) is 5.82 Å². The predicted molar refractivity (Wildman–Crippen MR) is 124 cm³/mol. The molecular weight excluding hydrogens is 457 g/mol. The highest BCUT2D eigenvalue weighted by molar-refractivity contribution is 5.95. The van der Waals surface area contributed by atoms with Crippen LogP contribution in [-0.2, 0) is 30.7 Å². The lowest BCUT2D eigenvalue weighted by Crippen LogP contribution is -2.24. The van der Waals surface area contributed by atoms with E-state index in [0.29, 0.717) is 24.5 Å². The van der Waals surface area contributed by atoms with Crippen LogP contribution in [0, 0.1) is 6.92 Å². The van der Waals surface area contributed by atoms with E-state index in [0.717, 1.165) is 29.0 Å². The number of nitrogens with zero attached hydrogens (tertiary/aromatic N) is 3. The number of halogens is 3. The summed E-state index contributed by atoms with van der Waals surface area (Å²) in [6.45, 7) is 2.83. The van der Waals surface area contributed by atoms with Gasteiger partial charge in [0.2, 0.25) is 0 Å². The third-order valence-corrected chi connectivity index (χ3v) is 5.47. The summed E-state index contributed by atoms with van der Waals surface area (Å²) in [5, 5.41) is 7.01. The Balaban J connectivity index is 1.39. The van der Waals surface area contributed by atoms with Crippen LogP contribution in [0.1, 0.15) is 38.3 Å². The molecule has 180 valence electrons. The highest BCUT2D eigenvalue weighted by Gasteiger charge is 2.30. The number of carbonyl (C=O) groups excluding carboxylic acids is 1. The summed E-state index contributed by atoms with van der Waals surface area (Å²) < 4.78 is 45.5. The van der Waals surface area contributed by atoms with Crippen molar-refractivity contribution in [3.05, 3.63) is 113 Å². The first-order chi connectivity index (χ1) is 16.8. The maximum Gasteiger partial charge on any atom is 0.417 e. The Morgan fingerprint density at radius 1 is 0.943 bits per heavy atom. The molecule has 0 bridgehead atoms. The van der Waals surface area contributed by atoms with Crippen molar-refractivity contribution in [3.63, 3.8) is 0 Å². The summed E-state index contributed by atoms with van der Waals surface area (Å²) in [5.41, 5.74) is 2.89. The van der Waals surface area contributed by atoms with Crippen molar-refractivity contribution < 1.29 is 22.7 Å². The summed E-state index contributed by atoms with van der Waals surface area (Å²) in [5.74, 6) is -0.156. The molecule has 2 heterocycles. The lowest BCUT2D eigenvalue weighted by Gasteiger charge is -2.12. The van der Waals surface area contributed by atoms with E-state index >= 15 is 0 Å². The zero-order valence-corrected chi connectivity index (χ0v) is 18.9. The quantitative estimate of drug-likeness (QED) is 0.375. The molecule has 0 aliphatic carbocycles. The standard InChI is InChI=1S/C26H23F3N4O2/c1-18-23(15-32-33(18)24-12-11-22(14-30-24)26(27,28)29)25(34)31-13-20-9-5-6-10-21(20)17-35-16-19-7-3-2-4-8-19/h2-12,14-15H,13,16-17H2,1H3,(H,31,34). The molecule has 1 amide bonds. The fourth-order valence-electron chi connectivity index (χ4n) is 3.54. The summed E-state index contributed by atoms with van der Waals surface area (Å²) in [7, 11) is 0. The van der Waals surface area contributed by atoms with Crippen LogP contribution in [0.2, 0.25) is 0 Å². The van der Waals surface area contributed by atoms with Gasteiger partial charge in [0.15, 0.2) is 5.82 Å². The van der Waals surface area contributed by atoms with Crippen LogP contribution in [0.3, 0.4) is 0 Å². The molecule has 1 N–H and O–H groups in total. The van der Waals surface area contributed by atoms with Crippen molar-refractivity contribution in [1.29, 1.82) is 0 Å².